The molecule has 1 atom stereocenters. The minimum absolute atomic E-state index is 0.103. The molecule has 1 rings (SSSR count). The van der Waals surface area contributed by atoms with Crippen LogP contribution in [0.1, 0.15) is 72.6 Å². The van der Waals surface area contributed by atoms with Gasteiger partial charge in [-0.1, -0.05) is 52.9 Å². The number of nitrogens with zero attached hydrogens (tertiary/aromatic N) is 1. The van der Waals surface area contributed by atoms with Gasteiger partial charge in [-0.2, -0.15) is 0 Å². The normalized spacial score (nSPS) is 17.4. The van der Waals surface area contributed by atoms with E-state index in [0.717, 1.165) is 13.0 Å². The molecule has 4 heteroatoms. The molecule has 1 saturated heterocycles. The summed E-state index contributed by atoms with van der Waals surface area (Å²) < 4.78 is 4.97. The highest BCUT2D eigenvalue weighted by atomic mass is 16.5. The van der Waals surface area contributed by atoms with Crippen LogP contribution in [-0.4, -0.2) is 36.5 Å². The smallest absolute Gasteiger partial charge is 0.311 e. The zero-order valence-corrected chi connectivity index (χ0v) is 14.3. The van der Waals surface area contributed by atoms with Gasteiger partial charge in [0.05, 0.1) is 12.5 Å². The maximum absolute atomic E-state index is 11.8. The van der Waals surface area contributed by atoms with Crippen LogP contribution in [0.15, 0.2) is 0 Å². The van der Waals surface area contributed by atoms with Crippen molar-refractivity contribution in [3.8, 4) is 0 Å². The summed E-state index contributed by atoms with van der Waals surface area (Å²) >= 11 is 0. The van der Waals surface area contributed by atoms with Crippen molar-refractivity contribution in [1.29, 1.82) is 0 Å². The molecular formula is C17H33NO3. The van der Waals surface area contributed by atoms with Crippen molar-refractivity contribution in [2.24, 2.45) is 5.92 Å². The van der Waals surface area contributed by atoms with Gasteiger partial charge in [0.25, 0.3) is 0 Å². The largest absolute Gasteiger partial charge is 0.466 e. The summed E-state index contributed by atoms with van der Waals surface area (Å²) in [6.07, 6.45) is 7.64. The summed E-state index contributed by atoms with van der Waals surface area (Å²) in [4.78, 5) is 25.2. The van der Waals surface area contributed by atoms with Gasteiger partial charge >= 0.3 is 5.97 Å². The topological polar surface area (TPSA) is 46.6 Å². The number of likely N-dealkylation sites (tertiary alicyclic amines) is 1. The molecule has 124 valence electrons. The summed E-state index contributed by atoms with van der Waals surface area (Å²) in [6.45, 7) is 9.73. The third kappa shape index (κ3) is 8.08. The maximum Gasteiger partial charge on any atom is 0.311 e. The van der Waals surface area contributed by atoms with E-state index in [1.165, 1.54) is 32.1 Å². The van der Waals surface area contributed by atoms with Gasteiger partial charge in [-0.3, -0.25) is 9.59 Å². The number of carbonyl (C=O) groups excluding carboxylic acids is 2. The Morgan fingerprint density at radius 1 is 1.14 bits per heavy atom. The summed E-state index contributed by atoms with van der Waals surface area (Å²) in [5.41, 5.74) is 0. The lowest BCUT2D eigenvalue weighted by Gasteiger charge is -2.16. The van der Waals surface area contributed by atoms with Crippen LogP contribution < -0.4 is 0 Å². The number of carbonyl (C=O) groups is 2. The molecule has 1 aliphatic rings. The Hall–Kier alpha value is -1.06. The first-order chi connectivity index (χ1) is 10.2. The van der Waals surface area contributed by atoms with Crippen molar-refractivity contribution in [1.82, 2.24) is 4.90 Å². The number of rotatable bonds is 9. The molecule has 0 radical (unpaired) electrons. The van der Waals surface area contributed by atoms with E-state index >= 15 is 0 Å². The second-order valence-electron chi connectivity index (χ2n) is 5.26. The van der Waals surface area contributed by atoms with Crippen molar-refractivity contribution in [3.05, 3.63) is 0 Å². The van der Waals surface area contributed by atoms with Crippen molar-refractivity contribution < 1.29 is 14.3 Å². The Bertz CT molecular complexity index is 292. The molecule has 4 nitrogen and oxygen atoms in total. The van der Waals surface area contributed by atoms with E-state index in [9.17, 15) is 9.59 Å². The molecule has 0 saturated carbocycles. The van der Waals surface area contributed by atoms with Crippen molar-refractivity contribution >= 4 is 11.9 Å². The van der Waals surface area contributed by atoms with E-state index < -0.39 is 0 Å². The molecule has 1 unspecified atom stereocenters. The molecule has 0 aliphatic carbocycles. The SMILES string of the molecule is CC.CCCCCCCCN1CC(C(=O)OCC)CC1=O. The predicted molar refractivity (Wildman–Crippen MR) is 86.0 cm³/mol. The quantitative estimate of drug-likeness (QED) is 0.481. The Morgan fingerprint density at radius 3 is 2.38 bits per heavy atom. The second kappa shape index (κ2) is 12.7. The van der Waals surface area contributed by atoms with Crippen LogP contribution in [0.2, 0.25) is 0 Å². The number of hydrogen-bond donors (Lipinski definition) is 0. The van der Waals surface area contributed by atoms with Gasteiger partial charge in [-0.05, 0) is 13.3 Å². The summed E-state index contributed by atoms with van der Waals surface area (Å²) in [7, 11) is 0. The summed E-state index contributed by atoms with van der Waals surface area (Å²) in [5, 5.41) is 0. The first-order valence-corrected chi connectivity index (χ1v) is 8.63. The number of hydrogen-bond acceptors (Lipinski definition) is 3. The molecule has 1 amide bonds. The molecule has 0 aromatic heterocycles. The highest BCUT2D eigenvalue weighted by molar-refractivity contribution is 5.86. The van der Waals surface area contributed by atoms with Crippen LogP contribution in [0.25, 0.3) is 0 Å². The van der Waals surface area contributed by atoms with Gasteiger partial charge in [0.2, 0.25) is 5.91 Å². The second-order valence-corrected chi connectivity index (χ2v) is 5.26. The highest BCUT2D eigenvalue weighted by Gasteiger charge is 2.34. The van der Waals surface area contributed by atoms with Gasteiger partial charge in [0, 0.05) is 19.5 Å². The fraction of sp³-hybridized carbons (Fsp3) is 0.882. The lowest BCUT2D eigenvalue weighted by molar-refractivity contribution is -0.147. The van der Waals surface area contributed by atoms with Gasteiger partial charge in [0.15, 0.2) is 0 Å². The molecule has 1 heterocycles. The molecule has 1 aliphatic heterocycles. The molecule has 0 N–H and O–H groups in total. The minimum Gasteiger partial charge on any atom is -0.466 e. The molecule has 0 bridgehead atoms. The summed E-state index contributed by atoms with van der Waals surface area (Å²) in [5.74, 6) is -0.361. The third-order valence-electron chi connectivity index (χ3n) is 3.62. The number of unbranched alkanes of at least 4 members (excludes halogenated alkanes) is 5. The Labute approximate surface area is 130 Å². The maximum atomic E-state index is 11.8. The minimum atomic E-state index is -0.243. The zero-order valence-electron chi connectivity index (χ0n) is 14.3. The first-order valence-electron chi connectivity index (χ1n) is 8.63. The van der Waals surface area contributed by atoms with Gasteiger partial charge < -0.3 is 9.64 Å². The third-order valence-corrected chi connectivity index (χ3v) is 3.62. The fourth-order valence-electron chi connectivity index (χ4n) is 2.49. The number of amides is 1. The molecule has 0 aromatic rings. The molecular weight excluding hydrogens is 266 g/mol. The van der Waals surface area contributed by atoms with Crippen LogP contribution >= 0.6 is 0 Å². The van der Waals surface area contributed by atoms with Crippen LogP contribution in [0.3, 0.4) is 0 Å². The van der Waals surface area contributed by atoms with E-state index in [-0.39, 0.29) is 17.8 Å². The number of esters is 1. The average molecular weight is 299 g/mol. The van der Waals surface area contributed by atoms with E-state index in [2.05, 4.69) is 6.92 Å². The fourth-order valence-corrected chi connectivity index (χ4v) is 2.49. The lowest BCUT2D eigenvalue weighted by Crippen LogP contribution is -2.27. The Morgan fingerprint density at radius 2 is 1.76 bits per heavy atom. The molecule has 0 aromatic carbocycles. The average Bonchev–Trinajstić information content (AvgIpc) is 2.86. The van der Waals surface area contributed by atoms with Crippen LogP contribution in [0.4, 0.5) is 0 Å². The molecule has 21 heavy (non-hydrogen) atoms. The van der Waals surface area contributed by atoms with Crippen LogP contribution in [0, 0.1) is 5.92 Å². The van der Waals surface area contributed by atoms with E-state index in [1.54, 1.807) is 6.92 Å². The van der Waals surface area contributed by atoms with Crippen LogP contribution in [-0.2, 0) is 14.3 Å². The van der Waals surface area contributed by atoms with Gasteiger partial charge in [0.1, 0.15) is 0 Å². The van der Waals surface area contributed by atoms with E-state index in [1.807, 2.05) is 18.7 Å². The summed E-state index contributed by atoms with van der Waals surface area (Å²) in [6, 6.07) is 0. The van der Waals surface area contributed by atoms with Crippen molar-refractivity contribution in [3.63, 3.8) is 0 Å². The molecule has 0 spiro atoms. The monoisotopic (exact) mass is 299 g/mol. The standard InChI is InChI=1S/C15H27NO3.C2H6/c1-3-5-6-7-8-9-10-16-12-13(11-14(16)17)15(18)19-4-2;1-2/h13H,3-12H2,1-2H3;1-2H3. The van der Waals surface area contributed by atoms with Gasteiger partial charge in [-0.15, -0.1) is 0 Å². The van der Waals surface area contributed by atoms with E-state index in [4.69, 9.17) is 4.74 Å². The van der Waals surface area contributed by atoms with Gasteiger partial charge in [-0.25, -0.2) is 0 Å². The molecule has 1 fully saturated rings. The Balaban J connectivity index is 0.00000191. The highest BCUT2D eigenvalue weighted by Crippen LogP contribution is 2.20. The van der Waals surface area contributed by atoms with E-state index in [0.29, 0.717) is 19.6 Å². The predicted octanol–water partition coefficient (Wildman–Crippen LogP) is 3.78. The van der Waals surface area contributed by atoms with Crippen molar-refractivity contribution in [2.75, 3.05) is 19.7 Å². The zero-order chi connectivity index (χ0) is 16.1. The first kappa shape index (κ1) is 19.9. The van der Waals surface area contributed by atoms with Crippen LogP contribution in [0.5, 0.6) is 0 Å². The lowest BCUT2D eigenvalue weighted by atomic mass is 10.1. The Kier molecular flexibility index (Phi) is 12.0. The van der Waals surface area contributed by atoms with Crippen molar-refractivity contribution in [2.45, 2.75) is 72.6 Å². The number of ether oxygens (including phenoxy) is 1.